The van der Waals surface area contributed by atoms with E-state index in [0.29, 0.717) is 12.0 Å². The molecule has 1 aromatic rings. The highest BCUT2D eigenvalue weighted by molar-refractivity contribution is 5.92. The Bertz CT molecular complexity index is 736. The first-order valence-electron chi connectivity index (χ1n) is 11.1. The Morgan fingerprint density at radius 1 is 1.28 bits per heavy atom. The van der Waals surface area contributed by atoms with Gasteiger partial charge in [0.25, 0.3) is 0 Å². The molecule has 1 saturated carbocycles. The number of likely N-dealkylation sites (tertiary alicyclic amines) is 1. The summed E-state index contributed by atoms with van der Waals surface area (Å²) in [5.74, 6) is 1.29. The van der Waals surface area contributed by atoms with Gasteiger partial charge in [-0.15, -0.1) is 0 Å². The summed E-state index contributed by atoms with van der Waals surface area (Å²) in [6, 6.07) is 8.14. The van der Waals surface area contributed by atoms with E-state index >= 15 is 0 Å². The van der Waals surface area contributed by atoms with Crippen LogP contribution in [0.1, 0.15) is 50.5 Å². The van der Waals surface area contributed by atoms with Gasteiger partial charge in [-0.05, 0) is 43.4 Å². The van der Waals surface area contributed by atoms with Crippen molar-refractivity contribution in [3.63, 3.8) is 0 Å². The molecule has 2 N–H and O–H groups in total. The number of carbonyl (C=O) groups is 1. The highest BCUT2D eigenvalue weighted by atomic mass is 16.5. The Kier molecular flexibility index (Phi) is 6.38. The molecule has 4 rings (SSSR count). The third kappa shape index (κ3) is 4.92. The molecule has 2 saturated heterocycles. The molecule has 1 amide bonds. The van der Waals surface area contributed by atoms with Crippen molar-refractivity contribution in [1.29, 1.82) is 0 Å². The summed E-state index contributed by atoms with van der Waals surface area (Å²) in [6.07, 6.45) is 7.98. The van der Waals surface area contributed by atoms with E-state index in [1.165, 1.54) is 25.7 Å². The van der Waals surface area contributed by atoms with E-state index < -0.39 is 0 Å². The van der Waals surface area contributed by atoms with Crippen molar-refractivity contribution in [2.24, 2.45) is 16.3 Å². The molecule has 2 aliphatic heterocycles. The molecular formula is C23H34N4O2. The Morgan fingerprint density at radius 2 is 2.14 bits per heavy atom. The van der Waals surface area contributed by atoms with Gasteiger partial charge in [-0.3, -0.25) is 9.79 Å². The summed E-state index contributed by atoms with van der Waals surface area (Å²) >= 11 is 0. The van der Waals surface area contributed by atoms with Gasteiger partial charge < -0.3 is 20.3 Å². The molecule has 3 fully saturated rings. The third-order valence-corrected chi connectivity index (χ3v) is 6.76. The van der Waals surface area contributed by atoms with Gasteiger partial charge in [0.05, 0.1) is 6.61 Å². The van der Waals surface area contributed by atoms with Gasteiger partial charge in [-0.25, -0.2) is 0 Å². The minimum atomic E-state index is 0.173. The molecule has 158 valence electrons. The highest BCUT2D eigenvalue weighted by Gasteiger charge is 2.42. The van der Waals surface area contributed by atoms with Crippen LogP contribution >= 0.6 is 0 Å². The van der Waals surface area contributed by atoms with Gasteiger partial charge in [0, 0.05) is 50.3 Å². The van der Waals surface area contributed by atoms with Gasteiger partial charge >= 0.3 is 0 Å². The standard InChI is InChI=1S/C23H34N4O2/c1-24-22(27-12-10-23(16-27)11-13-29-17-23)25-15-18-6-5-9-20(14-18)26-21(28)19-7-3-2-4-8-19/h5-6,9,14,19H,2-4,7-8,10-13,15-17H2,1H3,(H,24,25)(H,26,28). The summed E-state index contributed by atoms with van der Waals surface area (Å²) in [5, 5.41) is 6.62. The van der Waals surface area contributed by atoms with Crippen LogP contribution < -0.4 is 10.6 Å². The number of anilines is 1. The number of carbonyl (C=O) groups excluding carboxylic acids is 1. The first-order valence-corrected chi connectivity index (χ1v) is 11.1. The van der Waals surface area contributed by atoms with Crippen LogP contribution in [0.25, 0.3) is 0 Å². The van der Waals surface area contributed by atoms with Gasteiger partial charge in [0.2, 0.25) is 5.91 Å². The Hall–Kier alpha value is -2.08. The number of hydrogen-bond acceptors (Lipinski definition) is 3. The molecule has 3 aliphatic rings. The lowest BCUT2D eigenvalue weighted by atomic mass is 9.87. The predicted molar refractivity (Wildman–Crippen MR) is 116 cm³/mol. The number of aliphatic imine (C=N–C) groups is 1. The minimum absolute atomic E-state index is 0.173. The molecule has 29 heavy (non-hydrogen) atoms. The van der Waals surface area contributed by atoms with E-state index in [1.54, 1.807) is 0 Å². The molecule has 1 unspecified atom stereocenters. The molecule has 1 atom stereocenters. The molecule has 1 aromatic carbocycles. The van der Waals surface area contributed by atoms with Crippen LogP contribution in [0.4, 0.5) is 5.69 Å². The number of nitrogens with zero attached hydrogens (tertiary/aromatic N) is 2. The highest BCUT2D eigenvalue weighted by Crippen LogP contribution is 2.38. The molecule has 0 aromatic heterocycles. The zero-order chi connectivity index (χ0) is 20.1. The molecule has 1 spiro atoms. The number of benzene rings is 1. The first kappa shape index (κ1) is 20.2. The van der Waals surface area contributed by atoms with Crippen molar-refractivity contribution in [1.82, 2.24) is 10.2 Å². The monoisotopic (exact) mass is 398 g/mol. The maximum absolute atomic E-state index is 12.5. The van der Waals surface area contributed by atoms with Crippen LogP contribution in [0.15, 0.2) is 29.3 Å². The van der Waals surface area contributed by atoms with E-state index in [9.17, 15) is 4.79 Å². The van der Waals surface area contributed by atoms with Crippen molar-refractivity contribution in [3.8, 4) is 0 Å². The van der Waals surface area contributed by atoms with Gasteiger partial charge in [-0.2, -0.15) is 0 Å². The molecule has 2 heterocycles. The maximum atomic E-state index is 12.5. The largest absolute Gasteiger partial charge is 0.381 e. The molecule has 6 heteroatoms. The lowest BCUT2D eigenvalue weighted by molar-refractivity contribution is -0.120. The molecule has 0 bridgehead atoms. The second-order valence-electron chi connectivity index (χ2n) is 8.90. The quantitative estimate of drug-likeness (QED) is 0.603. The smallest absolute Gasteiger partial charge is 0.227 e. The lowest BCUT2D eigenvalue weighted by Crippen LogP contribution is -2.41. The van der Waals surface area contributed by atoms with E-state index in [4.69, 9.17) is 4.74 Å². The second kappa shape index (κ2) is 9.16. The van der Waals surface area contributed by atoms with Crippen molar-refractivity contribution < 1.29 is 9.53 Å². The normalized spacial score (nSPS) is 25.6. The van der Waals surface area contributed by atoms with E-state index in [1.807, 2.05) is 19.2 Å². The number of ether oxygens (including phenoxy) is 1. The number of rotatable bonds is 4. The Balaban J connectivity index is 1.31. The molecule has 1 aliphatic carbocycles. The summed E-state index contributed by atoms with van der Waals surface area (Å²) < 4.78 is 5.64. The topological polar surface area (TPSA) is 66.0 Å². The molecular weight excluding hydrogens is 364 g/mol. The van der Waals surface area contributed by atoms with Crippen LogP contribution in [0.3, 0.4) is 0 Å². The third-order valence-electron chi connectivity index (χ3n) is 6.76. The average molecular weight is 399 g/mol. The summed E-state index contributed by atoms with van der Waals surface area (Å²) in [5.41, 5.74) is 2.35. The number of amides is 1. The fourth-order valence-corrected chi connectivity index (χ4v) is 4.97. The van der Waals surface area contributed by atoms with Crippen LogP contribution in [0.5, 0.6) is 0 Å². The van der Waals surface area contributed by atoms with Crippen molar-refractivity contribution in [3.05, 3.63) is 29.8 Å². The van der Waals surface area contributed by atoms with Crippen LogP contribution in [-0.4, -0.2) is 50.1 Å². The maximum Gasteiger partial charge on any atom is 0.227 e. The van der Waals surface area contributed by atoms with Crippen molar-refractivity contribution in [2.75, 3.05) is 38.7 Å². The number of guanidine groups is 1. The van der Waals surface area contributed by atoms with Gasteiger partial charge in [0.15, 0.2) is 5.96 Å². The van der Waals surface area contributed by atoms with Crippen LogP contribution in [0, 0.1) is 11.3 Å². The predicted octanol–water partition coefficient (Wildman–Crippen LogP) is 3.39. The Morgan fingerprint density at radius 3 is 2.90 bits per heavy atom. The number of nitrogens with one attached hydrogen (secondary N) is 2. The summed E-state index contributed by atoms with van der Waals surface area (Å²) in [7, 11) is 1.85. The second-order valence-corrected chi connectivity index (χ2v) is 8.90. The fourth-order valence-electron chi connectivity index (χ4n) is 4.97. The SMILES string of the molecule is CN=C(NCc1cccc(NC(=O)C2CCCCC2)c1)N1CCC2(CCOC2)C1. The average Bonchev–Trinajstić information content (AvgIpc) is 3.39. The van der Waals surface area contributed by atoms with Gasteiger partial charge in [0.1, 0.15) is 0 Å². The fraction of sp³-hybridized carbons (Fsp3) is 0.652. The number of hydrogen-bond donors (Lipinski definition) is 2. The van der Waals surface area contributed by atoms with Crippen LogP contribution in [0.2, 0.25) is 0 Å². The van der Waals surface area contributed by atoms with E-state index in [-0.39, 0.29) is 11.8 Å². The van der Waals surface area contributed by atoms with Crippen molar-refractivity contribution in [2.45, 2.75) is 51.5 Å². The first-order chi connectivity index (χ1) is 14.2. The molecule has 6 nitrogen and oxygen atoms in total. The van der Waals surface area contributed by atoms with E-state index in [2.05, 4.69) is 32.7 Å². The van der Waals surface area contributed by atoms with E-state index in [0.717, 1.165) is 62.8 Å². The molecule has 0 radical (unpaired) electrons. The summed E-state index contributed by atoms with van der Waals surface area (Å²) in [6.45, 7) is 4.51. The zero-order valence-corrected chi connectivity index (χ0v) is 17.6. The van der Waals surface area contributed by atoms with Crippen molar-refractivity contribution >= 4 is 17.6 Å². The van der Waals surface area contributed by atoms with Gasteiger partial charge in [-0.1, -0.05) is 31.4 Å². The minimum Gasteiger partial charge on any atom is -0.381 e. The zero-order valence-electron chi connectivity index (χ0n) is 17.6. The lowest BCUT2D eigenvalue weighted by Gasteiger charge is -2.25. The van der Waals surface area contributed by atoms with Crippen LogP contribution in [-0.2, 0) is 16.1 Å². The Labute approximate surface area is 174 Å². The summed E-state index contributed by atoms with van der Waals surface area (Å²) in [4.78, 5) is 19.4.